The molecule has 0 aliphatic rings. The number of fused-ring (bicyclic) bond motifs is 11. The quantitative estimate of drug-likeness (QED) is 0.181. The third-order valence-electron chi connectivity index (χ3n) is 10.2. The van der Waals surface area contributed by atoms with E-state index in [1.807, 2.05) is 22.7 Å². The SMILES string of the molecule is c1ccc2c(c1)sc1c3ccc(N(c4ccc(-c5cc6ccccn6c5)cc4)c4ccc5c(ccc6c7ccccc7sc56)c4)cc3ccc21. The Bertz CT molecular complexity index is 2920. The highest BCUT2D eigenvalue weighted by Gasteiger charge is 2.17. The lowest BCUT2D eigenvalue weighted by Crippen LogP contribution is -2.09. The maximum Gasteiger partial charge on any atom is 0.0468 e. The molecule has 0 aliphatic carbocycles. The van der Waals surface area contributed by atoms with Crippen LogP contribution in [0.1, 0.15) is 0 Å². The van der Waals surface area contributed by atoms with Gasteiger partial charge in [0.15, 0.2) is 0 Å². The van der Waals surface area contributed by atoms with Gasteiger partial charge in [0.2, 0.25) is 0 Å². The number of benzene rings is 7. The summed E-state index contributed by atoms with van der Waals surface area (Å²) in [6.45, 7) is 0. The molecule has 0 unspecified atom stereocenters. The first-order chi connectivity index (χ1) is 24.7. The Hall–Kier alpha value is -5.94. The second-order valence-corrected chi connectivity index (χ2v) is 15.1. The molecule has 2 nitrogen and oxygen atoms in total. The Morgan fingerprint density at radius 1 is 0.400 bits per heavy atom. The molecule has 0 atom stereocenters. The summed E-state index contributed by atoms with van der Waals surface area (Å²) < 4.78 is 7.55. The Kier molecular flexibility index (Phi) is 6.03. The zero-order chi connectivity index (χ0) is 32.8. The van der Waals surface area contributed by atoms with Gasteiger partial charge in [-0.05, 0) is 93.8 Å². The summed E-state index contributed by atoms with van der Waals surface area (Å²) in [6.07, 6.45) is 4.31. The molecular formula is C46H28N2S2. The van der Waals surface area contributed by atoms with Gasteiger partial charge in [-0.25, -0.2) is 0 Å². The summed E-state index contributed by atoms with van der Waals surface area (Å²) in [6, 6.07) is 58.2. The van der Waals surface area contributed by atoms with E-state index >= 15 is 0 Å². The standard InChI is InChI=1S/C46H28N2S2/c1-3-10-43-39(8-1)41-20-14-30-25-35(18-22-37(30)45(41)49-43)48(33-16-12-29(13-17-33)32-27-34-7-5-6-24-47(34)28-32)36-19-23-38-31(26-36)15-21-42-40-9-2-4-11-44(40)50-46(38)42/h1-28H. The molecule has 234 valence electrons. The first kappa shape index (κ1) is 28.0. The third-order valence-corrected chi connectivity index (χ3v) is 12.6. The molecule has 11 aromatic rings. The van der Waals surface area contributed by atoms with Crippen molar-refractivity contribution in [1.82, 2.24) is 4.40 Å². The molecule has 0 fully saturated rings. The fourth-order valence-electron chi connectivity index (χ4n) is 7.74. The summed E-state index contributed by atoms with van der Waals surface area (Å²) in [5.41, 5.74) is 7.02. The maximum absolute atomic E-state index is 2.41. The van der Waals surface area contributed by atoms with E-state index in [-0.39, 0.29) is 0 Å². The molecule has 0 amide bonds. The molecular weight excluding hydrogens is 645 g/mol. The lowest BCUT2D eigenvalue weighted by Gasteiger charge is -2.26. The molecule has 0 radical (unpaired) electrons. The Morgan fingerprint density at radius 2 is 0.940 bits per heavy atom. The van der Waals surface area contributed by atoms with Gasteiger partial charge in [-0.15, -0.1) is 22.7 Å². The van der Waals surface area contributed by atoms with Crippen molar-refractivity contribution in [1.29, 1.82) is 0 Å². The third kappa shape index (κ3) is 4.26. The lowest BCUT2D eigenvalue weighted by atomic mass is 10.0. The van der Waals surface area contributed by atoms with Crippen molar-refractivity contribution in [3.05, 3.63) is 170 Å². The predicted molar refractivity (Wildman–Crippen MR) is 218 cm³/mol. The summed E-state index contributed by atoms with van der Waals surface area (Å²) in [5.74, 6) is 0. The minimum atomic E-state index is 1.13. The van der Waals surface area contributed by atoms with Crippen molar-refractivity contribution in [2.24, 2.45) is 0 Å². The van der Waals surface area contributed by atoms with E-state index in [0.717, 1.165) is 17.1 Å². The van der Waals surface area contributed by atoms with Gasteiger partial charge in [0.25, 0.3) is 0 Å². The monoisotopic (exact) mass is 672 g/mol. The van der Waals surface area contributed by atoms with E-state index in [9.17, 15) is 0 Å². The van der Waals surface area contributed by atoms with Crippen LogP contribution in [0.2, 0.25) is 0 Å². The van der Waals surface area contributed by atoms with Crippen LogP contribution in [-0.2, 0) is 0 Å². The van der Waals surface area contributed by atoms with E-state index < -0.39 is 0 Å². The molecule has 4 heterocycles. The zero-order valence-electron chi connectivity index (χ0n) is 26.9. The number of aromatic nitrogens is 1. The average Bonchev–Trinajstić information content (AvgIpc) is 3.89. The van der Waals surface area contributed by atoms with E-state index in [1.165, 1.54) is 78.5 Å². The highest BCUT2D eigenvalue weighted by atomic mass is 32.1. The molecule has 0 aliphatic heterocycles. The number of hydrogen-bond donors (Lipinski definition) is 0. The van der Waals surface area contributed by atoms with Crippen LogP contribution in [0, 0.1) is 0 Å². The van der Waals surface area contributed by atoms with E-state index in [1.54, 1.807) is 0 Å². The maximum atomic E-state index is 2.41. The van der Waals surface area contributed by atoms with Gasteiger partial charge < -0.3 is 9.30 Å². The fraction of sp³-hybridized carbons (Fsp3) is 0. The van der Waals surface area contributed by atoms with Crippen LogP contribution in [0.15, 0.2) is 170 Å². The molecule has 4 aromatic heterocycles. The van der Waals surface area contributed by atoms with Crippen LogP contribution >= 0.6 is 22.7 Å². The van der Waals surface area contributed by atoms with E-state index in [0.29, 0.717) is 0 Å². The summed E-state index contributed by atoms with van der Waals surface area (Å²) in [4.78, 5) is 2.41. The molecule has 7 aromatic carbocycles. The molecule has 4 heteroatoms. The van der Waals surface area contributed by atoms with Gasteiger partial charge in [0.05, 0.1) is 0 Å². The number of nitrogens with zero attached hydrogens (tertiary/aromatic N) is 2. The Balaban J connectivity index is 1.08. The van der Waals surface area contributed by atoms with Gasteiger partial charge in [-0.1, -0.05) is 91.0 Å². The first-order valence-electron chi connectivity index (χ1n) is 16.9. The second-order valence-electron chi connectivity index (χ2n) is 13.0. The van der Waals surface area contributed by atoms with Crippen molar-refractivity contribution in [2.75, 3.05) is 4.90 Å². The smallest absolute Gasteiger partial charge is 0.0468 e. The van der Waals surface area contributed by atoms with E-state index in [2.05, 4.69) is 179 Å². The minimum absolute atomic E-state index is 1.13. The van der Waals surface area contributed by atoms with Crippen molar-refractivity contribution in [3.63, 3.8) is 0 Å². The fourth-order valence-corrected chi connectivity index (χ4v) is 10.2. The largest absolute Gasteiger partial charge is 0.323 e. The highest BCUT2D eigenvalue weighted by Crippen LogP contribution is 2.44. The normalized spacial score (nSPS) is 12.0. The molecule has 50 heavy (non-hydrogen) atoms. The average molecular weight is 673 g/mol. The Labute approximate surface area is 296 Å². The molecule has 11 rings (SSSR count). The van der Waals surface area contributed by atoms with Crippen LogP contribution in [0.5, 0.6) is 0 Å². The van der Waals surface area contributed by atoms with Crippen molar-refractivity contribution < 1.29 is 0 Å². The summed E-state index contributed by atoms with van der Waals surface area (Å²) in [5, 5.41) is 10.4. The molecule has 0 saturated carbocycles. The van der Waals surface area contributed by atoms with Crippen LogP contribution in [0.3, 0.4) is 0 Å². The first-order valence-corrected chi connectivity index (χ1v) is 18.5. The van der Waals surface area contributed by atoms with Crippen LogP contribution in [0.25, 0.3) is 78.5 Å². The van der Waals surface area contributed by atoms with Gasteiger partial charge in [-0.2, -0.15) is 0 Å². The van der Waals surface area contributed by atoms with Crippen LogP contribution in [0.4, 0.5) is 17.1 Å². The number of hydrogen-bond acceptors (Lipinski definition) is 3. The molecule has 0 N–H and O–H groups in total. The molecule has 0 spiro atoms. The zero-order valence-corrected chi connectivity index (χ0v) is 28.5. The summed E-state index contributed by atoms with van der Waals surface area (Å²) in [7, 11) is 0. The predicted octanol–water partition coefficient (Wildman–Crippen LogP) is 14.1. The minimum Gasteiger partial charge on any atom is -0.323 e. The number of rotatable bonds is 4. The lowest BCUT2D eigenvalue weighted by molar-refractivity contribution is 1.20. The van der Waals surface area contributed by atoms with Crippen molar-refractivity contribution >= 4 is 107 Å². The van der Waals surface area contributed by atoms with Gasteiger partial charge in [0.1, 0.15) is 0 Å². The second kappa shape index (κ2) is 10.8. The van der Waals surface area contributed by atoms with Gasteiger partial charge in [-0.3, -0.25) is 0 Å². The number of pyridine rings is 1. The van der Waals surface area contributed by atoms with Gasteiger partial charge >= 0.3 is 0 Å². The van der Waals surface area contributed by atoms with Crippen molar-refractivity contribution in [2.45, 2.75) is 0 Å². The number of anilines is 3. The van der Waals surface area contributed by atoms with Crippen LogP contribution < -0.4 is 4.90 Å². The van der Waals surface area contributed by atoms with Crippen molar-refractivity contribution in [3.8, 4) is 11.1 Å². The molecule has 0 saturated heterocycles. The van der Waals surface area contributed by atoms with E-state index in [4.69, 9.17) is 0 Å². The number of thiophene rings is 2. The Morgan fingerprint density at radius 3 is 1.54 bits per heavy atom. The highest BCUT2D eigenvalue weighted by molar-refractivity contribution is 7.27. The summed E-state index contributed by atoms with van der Waals surface area (Å²) >= 11 is 3.78. The van der Waals surface area contributed by atoms with Crippen LogP contribution in [-0.4, -0.2) is 4.40 Å². The molecule has 0 bridgehead atoms. The van der Waals surface area contributed by atoms with Gasteiger partial charge in [0, 0.05) is 80.9 Å². The topological polar surface area (TPSA) is 7.65 Å².